The molecule has 144 valence electrons. The summed E-state index contributed by atoms with van der Waals surface area (Å²) in [4.78, 5) is 20.4. The van der Waals surface area contributed by atoms with E-state index < -0.39 is 9.85 Å². The maximum Gasteiger partial charge on any atom is 0.284 e. The molecule has 0 saturated carbocycles. The minimum Gasteiger partial charge on any atom is -0.275 e. The summed E-state index contributed by atoms with van der Waals surface area (Å²) in [6, 6.07) is 6.23. The Balaban J connectivity index is 0.000000161. The lowest BCUT2D eigenvalue weighted by atomic mass is 10.2. The maximum absolute atomic E-state index is 10.6. The number of aryl methyl sites for hydroxylation is 2. The molecule has 0 N–H and O–H groups in total. The van der Waals surface area contributed by atoms with Crippen molar-refractivity contribution in [2.24, 2.45) is 14.1 Å². The number of aromatic nitrogens is 4. The van der Waals surface area contributed by atoms with Gasteiger partial charge in [0.2, 0.25) is 0 Å². The van der Waals surface area contributed by atoms with Crippen LogP contribution in [0.25, 0.3) is 21.8 Å². The largest absolute Gasteiger partial charge is 0.284 e. The monoisotopic (exact) mass is 510 g/mol. The molecule has 2 aromatic carbocycles. The standard InChI is InChI=1S/2C8H6BrN3O2/c1-11-4-5-6(10-11)2-3-7(8(5)9)12(13)14;1-11-6-2-3-7(12(13)14)8(9)5(6)4-10-11/h2*2-4H,1H3. The smallest absolute Gasteiger partial charge is 0.275 e. The van der Waals surface area contributed by atoms with Crippen LogP contribution in [0, 0.1) is 20.2 Å². The van der Waals surface area contributed by atoms with Crippen molar-refractivity contribution in [1.82, 2.24) is 19.6 Å². The highest BCUT2D eigenvalue weighted by atomic mass is 79.9. The Labute approximate surface area is 174 Å². The van der Waals surface area contributed by atoms with E-state index in [0.717, 1.165) is 21.8 Å². The number of nitrogens with zero attached hydrogens (tertiary/aromatic N) is 6. The Bertz CT molecular complexity index is 1210. The third kappa shape index (κ3) is 3.60. The summed E-state index contributed by atoms with van der Waals surface area (Å²) in [5.74, 6) is 0. The number of rotatable bonds is 2. The second-order valence-corrected chi connectivity index (χ2v) is 7.33. The predicted molar refractivity (Wildman–Crippen MR) is 110 cm³/mol. The molecule has 0 aliphatic carbocycles. The second kappa shape index (κ2) is 7.64. The summed E-state index contributed by atoms with van der Waals surface area (Å²) in [6.07, 6.45) is 3.35. The van der Waals surface area contributed by atoms with Gasteiger partial charge in [-0.1, -0.05) is 0 Å². The number of hydrogen-bond donors (Lipinski definition) is 0. The fraction of sp³-hybridized carbons (Fsp3) is 0.125. The number of fused-ring (bicyclic) bond motifs is 2. The van der Waals surface area contributed by atoms with E-state index >= 15 is 0 Å². The van der Waals surface area contributed by atoms with Gasteiger partial charge in [-0.25, -0.2) is 0 Å². The van der Waals surface area contributed by atoms with Gasteiger partial charge in [0.15, 0.2) is 0 Å². The first-order valence-corrected chi connectivity index (χ1v) is 9.30. The maximum atomic E-state index is 10.6. The zero-order chi connectivity index (χ0) is 20.6. The van der Waals surface area contributed by atoms with Gasteiger partial charge >= 0.3 is 0 Å². The quantitative estimate of drug-likeness (QED) is 0.288. The van der Waals surface area contributed by atoms with Crippen molar-refractivity contribution in [2.45, 2.75) is 0 Å². The molecule has 0 saturated heterocycles. The summed E-state index contributed by atoms with van der Waals surface area (Å²) in [5.41, 5.74) is 1.73. The topological polar surface area (TPSA) is 122 Å². The molecule has 2 aromatic heterocycles. The van der Waals surface area contributed by atoms with E-state index in [4.69, 9.17) is 0 Å². The van der Waals surface area contributed by atoms with Crippen molar-refractivity contribution in [3.05, 3.63) is 65.8 Å². The molecule has 0 fully saturated rings. The van der Waals surface area contributed by atoms with Gasteiger partial charge in [0.1, 0.15) is 8.95 Å². The summed E-state index contributed by atoms with van der Waals surface area (Å²) in [7, 11) is 3.57. The molecule has 0 bridgehead atoms. The molecule has 0 aliphatic heterocycles. The molecule has 0 atom stereocenters. The number of hydrogen-bond acceptors (Lipinski definition) is 6. The summed E-state index contributed by atoms with van der Waals surface area (Å²) in [6.45, 7) is 0. The highest BCUT2D eigenvalue weighted by Gasteiger charge is 2.16. The van der Waals surface area contributed by atoms with Crippen molar-refractivity contribution in [2.75, 3.05) is 0 Å². The van der Waals surface area contributed by atoms with Gasteiger partial charge in [-0.2, -0.15) is 10.2 Å². The van der Waals surface area contributed by atoms with Crippen LogP contribution < -0.4 is 0 Å². The number of nitro benzene ring substituents is 2. The van der Waals surface area contributed by atoms with Crippen LogP contribution in [-0.2, 0) is 14.1 Å². The van der Waals surface area contributed by atoms with E-state index in [1.807, 2.05) is 0 Å². The van der Waals surface area contributed by atoms with Crippen LogP contribution in [0.15, 0.2) is 45.6 Å². The number of benzene rings is 2. The van der Waals surface area contributed by atoms with Gasteiger partial charge in [0.05, 0.1) is 27.1 Å². The van der Waals surface area contributed by atoms with Crippen molar-refractivity contribution in [1.29, 1.82) is 0 Å². The van der Waals surface area contributed by atoms with Gasteiger partial charge in [0.25, 0.3) is 11.4 Å². The Morgan fingerprint density at radius 2 is 1.50 bits per heavy atom. The first-order valence-electron chi connectivity index (χ1n) is 7.71. The lowest BCUT2D eigenvalue weighted by Crippen LogP contribution is -1.91. The van der Waals surface area contributed by atoms with E-state index in [0.29, 0.717) is 8.95 Å². The molecule has 2 heterocycles. The van der Waals surface area contributed by atoms with Gasteiger partial charge in [0, 0.05) is 43.2 Å². The fourth-order valence-corrected chi connectivity index (χ4v) is 3.80. The van der Waals surface area contributed by atoms with Crippen LogP contribution >= 0.6 is 31.9 Å². The highest BCUT2D eigenvalue weighted by Crippen LogP contribution is 2.33. The van der Waals surface area contributed by atoms with Crippen molar-refractivity contribution in [3.8, 4) is 0 Å². The molecule has 0 spiro atoms. The summed E-state index contributed by atoms with van der Waals surface area (Å²) < 4.78 is 4.25. The predicted octanol–water partition coefficient (Wildman–Crippen LogP) is 4.49. The average molecular weight is 512 g/mol. The molecule has 28 heavy (non-hydrogen) atoms. The van der Waals surface area contributed by atoms with Crippen LogP contribution in [-0.4, -0.2) is 29.4 Å². The Morgan fingerprint density at radius 1 is 0.929 bits per heavy atom. The molecule has 12 heteroatoms. The van der Waals surface area contributed by atoms with Crippen LogP contribution in [0.3, 0.4) is 0 Å². The molecule has 4 aromatic rings. The molecule has 4 rings (SSSR count). The van der Waals surface area contributed by atoms with E-state index in [1.54, 1.807) is 48.0 Å². The normalized spacial score (nSPS) is 10.7. The van der Waals surface area contributed by atoms with Gasteiger partial charge in [-0.3, -0.25) is 29.6 Å². The third-order valence-electron chi connectivity index (χ3n) is 3.96. The zero-order valence-corrected chi connectivity index (χ0v) is 17.7. The molecular formula is C16H12Br2N6O4. The van der Waals surface area contributed by atoms with E-state index in [-0.39, 0.29) is 11.4 Å². The van der Waals surface area contributed by atoms with Crippen LogP contribution in [0.4, 0.5) is 11.4 Å². The minimum atomic E-state index is -0.420. The SMILES string of the molecule is Cn1cc2c(Br)c([N+](=O)[O-])ccc2n1.Cn1ncc2c(Br)c([N+](=O)[O-])ccc21. The fourth-order valence-electron chi connectivity index (χ4n) is 2.63. The Morgan fingerprint density at radius 3 is 2.11 bits per heavy atom. The van der Waals surface area contributed by atoms with Crippen LogP contribution in [0.5, 0.6) is 0 Å². The van der Waals surface area contributed by atoms with E-state index in [1.165, 1.54) is 12.1 Å². The molecule has 0 aliphatic rings. The van der Waals surface area contributed by atoms with Crippen LogP contribution in [0.1, 0.15) is 0 Å². The van der Waals surface area contributed by atoms with E-state index in [9.17, 15) is 20.2 Å². The summed E-state index contributed by atoms with van der Waals surface area (Å²) in [5, 5.41) is 30.9. The lowest BCUT2D eigenvalue weighted by molar-refractivity contribution is -0.385. The van der Waals surface area contributed by atoms with Gasteiger partial charge in [-0.05, 0) is 44.0 Å². The molecule has 0 unspecified atom stereocenters. The molecular weight excluding hydrogens is 500 g/mol. The van der Waals surface area contributed by atoms with Gasteiger partial charge in [-0.15, -0.1) is 0 Å². The second-order valence-electron chi connectivity index (χ2n) is 5.75. The lowest BCUT2D eigenvalue weighted by Gasteiger charge is -1.97. The van der Waals surface area contributed by atoms with Crippen molar-refractivity contribution in [3.63, 3.8) is 0 Å². The van der Waals surface area contributed by atoms with Crippen molar-refractivity contribution >= 4 is 65.0 Å². The van der Waals surface area contributed by atoms with E-state index in [2.05, 4.69) is 42.1 Å². The minimum absolute atomic E-state index is 0.0606. The zero-order valence-electron chi connectivity index (χ0n) is 14.5. The van der Waals surface area contributed by atoms with Gasteiger partial charge < -0.3 is 0 Å². The molecule has 0 amide bonds. The number of nitro groups is 2. The molecule has 10 nitrogen and oxygen atoms in total. The number of halogens is 2. The van der Waals surface area contributed by atoms with Crippen molar-refractivity contribution < 1.29 is 9.85 Å². The average Bonchev–Trinajstić information content (AvgIpc) is 3.19. The summed E-state index contributed by atoms with van der Waals surface area (Å²) >= 11 is 6.40. The first kappa shape index (κ1) is 19.9. The first-order chi connectivity index (χ1) is 13.2. The van der Waals surface area contributed by atoms with Crippen LogP contribution in [0.2, 0.25) is 0 Å². The third-order valence-corrected chi connectivity index (χ3v) is 5.62. The Kier molecular flexibility index (Phi) is 5.42. The molecule has 0 radical (unpaired) electrons. The Hall–Kier alpha value is -2.86. The highest BCUT2D eigenvalue weighted by molar-refractivity contribution is 9.11.